The summed E-state index contributed by atoms with van der Waals surface area (Å²) in [6, 6.07) is 4.39. The Hall–Kier alpha value is -1.95. The predicted octanol–water partition coefficient (Wildman–Crippen LogP) is 4.30. The lowest BCUT2D eigenvalue weighted by Crippen LogP contribution is -2.43. The molecule has 1 aromatic rings. The highest BCUT2D eigenvalue weighted by Gasteiger charge is 2.42. The Kier molecular flexibility index (Phi) is 6.06. The normalized spacial score (nSPS) is 20.3. The van der Waals surface area contributed by atoms with Gasteiger partial charge in [0, 0.05) is 11.4 Å². The number of halogens is 1. The first-order chi connectivity index (χ1) is 12.0. The third-order valence-corrected chi connectivity index (χ3v) is 4.30. The number of hydrogen-bond acceptors (Lipinski definition) is 4. The summed E-state index contributed by atoms with van der Waals surface area (Å²) < 4.78 is 11.4. The first-order valence-electron chi connectivity index (χ1n) is 8.66. The lowest BCUT2D eigenvalue weighted by Gasteiger charge is -2.26. The molecule has 26 heavy (non-hydrogen) atoms. The largest absolute Gasteiger partial charge is 0.488 e. The number of ether oxygens (including phenoxy) is 2. The van der Waals surface area contributed by atoms with Gasteiger partial charge in [-0.15, -0.1) is 0 Å². The summed E-state index contributed by atoms with van der Waals surface area (Å²) in [7, 11) is 0. The number of hydrogen-bond donors (Lipinski definition) is 1. The summed E-state index contributed by atoms with van der Waals surface area (Å²) in [6.45, 7) is 9.44. The van der Waals surface area contributed by atoms with E-state index in [1.165, 1.54) is 4.90 Å². The van der Waals surface area contributed by atoms with Crippen LogP contribution in [0.1, 0.15) is 52.5 Å². The van der Waals surface area contributed by atoms with Crippen LogP contribution in [0.4, 0.5) is 4.79 Å². The Bertz CT molecular complexity index is 683. The maximum Gasteiger partial charge on any atom is 0.411 e. The fraction of sp³-hybridized carbons (Fsp3) is 0.579. The average Bonchev–Trinajstić information content (AvgIpc) is 2.91. The summed E-state index contributed by atoms with van der Waals surface area (Å²) in [6.07, 6.45) is -0.868. The molecule has 1 amide bonds. The number of benzene rings is 1. The second-order valence-corrected chi connectivity index (χ2v) is 8.24. The smallest absolute Gasteiger partial charge is 0.411 e. The van der Waals surface area contributed by atoms with Gasteiger partial charge in [0.15, 0.2) is 0 Å². The summed E-state index contributed by atoms with van der Waals surface area (Å²) in [5.41, 5.74) is 0.250. The molecule has 0 saturated carbocycles. The molecule has 2 unspecified atom stereocenters. The summed E-state index contributed by atoms with van der Waals surface area (Å²) in [5, 5.41) is 10.1. The molecule has 0 radical (unpaired) electrons. The van der Waals surface area contributed by atoms with Crippen LogP contribution in [0.25, 0.3) is 0 Å². The molecule has 1 aliphatic heterocycles. The van der Waals surface area contributed by atoms with E-state index in [-0.39, 0.29) is 18.9 Å². The van der Waals surface area contributed by atoms with E-state index < -0.39 is 29.8 Å². The van der Waals surface area contributed by atoms with E-state index >= 15 is 0 Å². The topological polar surface area (TPSA) is 76.1 Å². The Morgan fingerprint density at radius 1 is 1.31 bits per heavy atom. The van der Waals surface area contributed by atoms with Gasteiger partial charge in [-0.2, -0.15) is 0 Å². The molecular formula is C19H26ClNO5. The van der Waals surface area contributed by atoms with Crippen molar-refractivity contribution < 1.29 is 24.2 Å². The summed E-state index contributed by atoms with van der Waals surface area (Å²) >= 11 is 6.07. The van der Waals surface area contributed by atoms with E-state index in [2.05, 4.69) is 0 Å². The number of rotatable bonds is 4. The van der Waals surface area contributed by atoms with Crippen molar-refractivity contribution in [2.75, 3.05) is 6.54 Å². The highest BCUT2D eigenvalue weighted by molar-refractivity contribution is 6.30. The maximum atomic E-state index is 12.4. The third-order valence-electron chi connectivity index (χ3n) is 4.06. The van der Waals surface area contributed by atoms with Crippen LogP contribution < -0.4 is 4.74 Å². The van der Waals surface area contributed by atoms with Crippen molar-refractivity contribution in [2.24, 2.45) is 0 Å². The predicted molar refractivity (Wildman–Crippen MR) is 98.9 cm³/mol. The van der Waals surface area contributed by atoms with Gasteiger partial charge in [0.25, 0.3) is 0 Å². The molecular weight excluding hydrogens is 358 g/mol. The molecule has 0 aromatic heterocycles. The lowest BCUT2D eigenvalue weighted by atomic mass is 10.0. The number of aliphatic carboxylic acids is 1. The van der Waals surface area contributed by atoms with Crippen LogP contribution in [-0.2, 0) is 9.53 Å². The molecule has 1 aliphatic rings. The van der Waals surface area contributed by atoms with Crippen molar-refractivity contribution in [3.8, 4) is 5.75 Å². The van der Waals surface area contributed by atoms with E-state index in [4.69, 9.17) is 21.1 Å². The van der Waals surface area contributed by atoms with Gasteiger partial charge < -0.3 is 14.6 Å². The fourth-order valence-corrected chi connectivity index (χ4v) is 3.08. The van der Waals surface area contributed by atoms with Gasteiger partial charge in [-0.1, -0.05) is 25.4 Å². The van der Waals surface area contributed by atoms with E-state index in [9.17, 15) is 14.7 Å². The monoisotopic (exact) mass is 383 g/mol. The summed E-state index contributed by atoms with van der Waals surface area (Å²) in [5.74, 6) is -0.214. The van der Waals surface area contributed by atoms with Crippen LogP contribution in [0.5, 0.6) is 5.75 Å². The summed E-state index contributed by atoms with van der Waals surface area (Å²) in [4.78, 5) is 25.2. The average molecular weight is 384 g/mol. The molecule has 144 valence electrons. The van der Waals surface area contributed by atoms with Crippen molar-refractivity contribution in [3.63, 3.8) is 0 Å². The molecule has 0 aliphatic carbocycles. The number of carbonyl (C=O) groups is 2. The zero-order valence-electron chi connectivity index (χ0n) is 15.8. The Labute approximate surface area is 159 Å². The van der Waals surface area contributed by atoms with Crippen LogP contribution in [0.3, 0.4) is 0 Å². The van der Waals surface area contributed by atoms with Crippen molar-refractivity contribution in [2.45, 2.75) is 64.7 Å². The molecule has 0 spiro atoms. The van der Waals surface area contributed by atoms with Crippen LogP contribution in [0, 0.1) is 0 Å². The maximum absolute atomic E-state index is 12.4. The van der Waals surface area contributed by atoms with Gasteiger partial charge in [-0.3, -0.25) is 4.90 Å². The molecule has 1 saturated heterocycles. The van der Waals surface area contributed by atoms with Gasteiger partial charge in [-0.25, -0.2) is 9.59 Å². The highest BCUT2D eigenvalue weighted by atomic mass is 35.5. The Morgan fingerprint density at radius 3 is 2.50 bits per heavy atom. The minimum absolute atomic E-state index is 0.159. The second kappa shape index (κ2) is 7.74. The van der Waals surface area contributed by atoms with Crippen molar-refractivity contribution in [1.29, 1.82) is 0 Å². The fourth-order valence-electron chi connectivity index (χ4n) is 2.90. The molecule has 2 atom stereocenters. The molecule has 1 N–H and O–H groups in total. The number of carboxylic acids is 1. The van der Waals surface area contributed by atoms with Crippen molar-refractivity contribution in [3.05, 3.63) is 28.8 Å². The number of nitrogens with zero attached hydrogens (tertiary/aromatic N) is 1. The Morgan fingerprint density at radius 2 is 1.96 bits per heavy atom. The number of amides is 1. The van der Waals surface area contributed by atoms with Crippen LogP contribution in [0.2, 0.25) is 5.02 Å². The molecule has 2 rings (SSSR count). The van der Waals surface area contributed by atoms with Crippen molar-refractivity contribution >= 4 is 23.7 Å². The van der Waals surface area contributed by atoms with Crippen LogP contribution in [-0.4, -0.2) is 46.4 Å². The molecule has 0 bridgehead atoms. The molecule has 1 fully saturated rings. The van der Waals surface area contributed by atoms with Gasteiger partial charge in [-0.05, 0) is 50.5 Å². The molecule has 6 nitrogen and oxygen atoms in total. The minimum Gasteiger partial charge on any atom is -0.488 e. The highest BCUT2D eigenvalue weighted by Crippen LogP contribution is 2.32. The van der Waals surface area contributed by atoms with Crippen LogP contribution >= 0.6 is 11.6 Å². The first kappa shape index (κ1) is 20.4. The van der Waals surface area contributed by atoms with E-state index in [0.29, 0.717) is 10.8 Å². The number of likely N-dealkylation sites (tertiary alicyclic amines) is 1. The lowest BCUT2D eigenvalue weighted by molar-refractivity contribution is -0.142. The van der Waals surface area contributed by atoms with Crippen LogP contribution in [0.15, 0.2) is 18.2 Å². The van der Waals surface area contributed by atoms with Gasteiger partial charge in [0.2, 0.25) is 0 Å². The van der Waals surface area contributed by atoms with Gasteiger partial charge in [0.1, 0.15) is 23.5 Å². The van der Waals surface area contributed by atoms with E-state index in [1.54, 1.807) is 32.9 Å². The molecule has 7 heteroatoms. The van der Waals surface area contributed by atoms with Gasteiger partial charge in [0.05, 0.1) is 6.54 Å². The second-order valence-electron chi connectivity index (χ2n) is 7.80. The third kappa shape index (κ3) is 5.04. The zero-order chi connectivity index (χ0) is 19.6. The zero-order valence-corrected chi connectivity index (χ0v) is 16.5. The Balaban J connectivity index is 2.18. The number of carboxylic acid groups (broad SMARTS) is 1. The van der Waals surface area contributed by atoms with Crippen molar-refractivity contribution in [1.82, 2.24) is 4.90 Å². The first-order valence-corrected chi connectivity index (χ1v) is 9.04. The standard InChI is InChI=1S/C19H26ClNO5/c1-11(2)14-8-12(20)6-7-16(14)25-13-9-15(17(22)23)21(10-13)18(24)26-19(3,4)5/h6-8,11,13,15H,9-10H2,1-5H3,(H,22,23). The minimum atomic E-state index is -1.07. The van der Waals surface area contributed by atoms with Gasteiger partial charge >= 0.3 is 12.1 Å². The molecule has 1 heterocycles. The number of carbonyl (C=O) groups excluding carboxylic acids is 1. The molecule has 1 aromatic carbocycles. The SMILES string of the molecule is CC(C)c1cc(Cl)ccc1OC1CC(C(=O)O)N(C(=O)OC(C)(C)C)C1. The quantitative estimate of drug-likeness (QED) is 0.838. The van der Waals surface area contributed by atoms with E-state index in [0.717, 1.165) is 5.56 Å². The van der Waals surface area contributed by atoms with E-state index in [1.807, 2.05) is 19.9 Å².